The Labute approximate surface area is 74.1 Å². The Kier molecular flexibility index (Phi) is 13.6. The Morgan fingerprint density at radius 1 is 1.20 bits per heavy atom. The minimum atomic E-state index is 0. The molecule has 0 heterocycles. The molecular weight excluding hydrogens is 300 g/mol. The molecule has 1 aromatic rings. The smallest absolute Gasteiger partial charge is 0.665 e. The zero-order valence-corrected chi connectivity index (χ0v) is 8.08. The van der Waals surface area contributed by atoms with Crippen LogP contribution < -0.4 is 0 Å². The van der Waals surface area contributed by atoms with Crippen molar-refractivity contribution in [3.8, 4) is 0 Å². The van der Waals surface area contributed by atoms with Crippen LogP contribution in [0.1, 0.15) is 0 Å². The molecule has 52 valence electrons. The van der Waals surface area contributed by atoms with Gasteiger partial charge in [-0.2, -0.15) is 36.4 Å². The molecule has 0 fully saturated rings. The van der Waals surface area contributed by atoms with E-state index < -0.39 is 0 Å². The number of benzene rings is 1. The van der Waals surface area contributed by atoms with Gasteiger partial charge in [-0.05, 0) is 0 Å². The summed E-state index contributed by atoms with van der Waals surface area (Å²) < 4.78 is 0. The van der Waals surface area contributed by atoms with Gasteiger partial charge in [0.1, 0.15) is 0 Å². The van der Waals surface area contributed by atoms with Crippen LogP contribution in [-0.2, 0) is 25.9 Å². The number of hydrogen-bond acceptors (Lipinski definition) is 1. The molecular formula is C7H6O2W. The van der Waals surface area contributed by atoms with E-state index >= 15 is 0 Å². The van der Waals surface area contributed by atoms with Gasteiger partial charge >= 0.3 is 21.1 Å². The molecule has 0 aliphatic heterocycles. The van der Waals surface area contributed by atoms with Crippen LogP contribution >= 0.6 is 0 Å². The molecule has 3 heteroatoms. The van der Waals surface area contributed by atoms with Crippen LogP contribution in [0.4, 0.5) is 0 Å². The molecule has 0 aliphatic rings. The van der Waals surface area contributed by atoms with Crippen LogP contribution in [0.3, 0.4) is 0 Å². The van der Waals surface area contributed by atoms with Crippen LogP contribution in [-0.4, -0.2) is 11.6 Å². The molecule has 0 unspecified atom stereocenters. The summed E-state index contributed by atoms with van der Waals surface area (Å²) in [4.78, 5) is 8.24. The maximum absolute atomic E-state index is 8.24. The Hall–Kier alpha value is -0.622. The Morgan fingerprint density at radius 3 is 1.70 bits per heavy atom. The van der Waals surface area contributed by atoms with Gasteiger partial charge < -0.3 is 9.90 Å². The molecule has 0 aromatic heterocycles. The largest absolute Gasteiger partial charge is 2.00 e. The van der Waals surface area contributed by atoms with E-state index in [1.165, 1.54) is 0 Å². The standard InChI is InChI=1S/C6H5.CHO2.W/c1-2-4-6-5-3-1;2-1-3;/h1-5H;(H,2,3);/q2*-1;+2. The number of aliphatic hydroxyl groups excluding tert-OH is 1. The maximum Gasteiger partial charge on any atom is 2.00 e. The molecule has 0 radical (unpaired) electrons. The molecule has 1 aromatic carbocycles. The van der Waals surface area contributed by atoms with Crippen molar-refractivity contribution < 1.29 is 31.0 Å². The zero-order chi connectivity index (χ0) is 6.95. The summed E-state index contributed by atoms with van der Waals surface area (Å²) in [7, 11) is 0. The van der Waals surface area contributed by atoms with Gasteiger partial charge in [0.2, 0.25) is 0 Å². The number of rotatable bonds is 0. The summed E-state index contributed by atoms with van der Waals surface area (Å²) in [6.07, 6.45) is 0. The second-order valence-corrected chi connectivity index (χ2v) is 1.17. The monoisotopic (exact) mass is 306 g/mol. The molecule has 0 spiro atoms. The normalized spacial score (nSPS) is 6.00. The van der Waals surface area contributed by atoms with Gasteiger partial charge in [-0.3, -0.25) is 0 Å². The van der Waals surface area contributed by atoms with Crippen molar-refractivity contribution >= 4 is 6.47 Å². The topological polar surface area (TPSA) is 37.3 Å². The Balaban J connectivity index is 0. The van der Waals surface area contributed by atoms with E-state index in [0.717, 1.165) is 0 Å². The maximum atomic E-state index is 8.24. The molecule has 0 aliphatic carbocycles. The van der Waals surface area contributed by atoms with Gasteiger partial charge in [0.05, 0.1) is 0 Å². The van der Waals surface area contributed by atoms with E-state index in [1.54, 1.807) is 0 Å². The molecule has 0 amide bonds. The summed E-state index contributed by atoms with van der Waals surface area (Å²) in [5.41, 5.74) is 0. The van der Waals surface area contributed by atoms with Gasteiger partial charge in [-0.15, -0.1) is 0 Å². The van der Waals surface area contributed by atoms with Crippen molar-refractivity contribution in [2.45, 2.75) is 0 Å². The van der Waals surface area contributed by atoms with E-state index in [2.05, 4.69) is 6.07 Å². The van der Waals surface area contributed by atoms with Crippen LogP contribution in [0.15, 0.2) is 30.3 Å². The minimum Gasteiger partial charge on any atom is -0.665 e. The molecule has 0 saturated heterocycles. The van der Waals surface area contributed by atoms with Crippen molar-refractivity contribution in [3.05, 3.63) is 36.4 Å². The summed E-state index contributed by atoms with van der Waals surface area (Å²) in [5, 5.41) is 6.76. The fraction of sp³-hybridized carbons (Fsp3) is 0. The predicted molar refractivity (Wildman–Crippen MR) is 33.6 cm³/mol. The third-order valence-electron chi connectivity index (χ3n) is 0.607. The third kappa shape index (κ3) is 10.4. The van der Waals surface area contributed by atoms with E-state index in [4.69, 9.17) is 9.90 Å². The average Bonchev–Trinajstić information content (AvgIpc) is 1.93. The van der Waals surface area contributed by atoms with Gasteiger partial charge in [0.25, 0.3) is 0 Å². The molecule has 1 rings (SSSR count). The molecule has 1 N–H and O–H groups in total. The first kappa shape index (κ1) is 12.1. The predicted octanol–water partition coefficient (Wildman–Crippen LogP) is 1.10. The fourth-order valence-corrected chi connectivity index (χ4v) is 0.342. The first-order valence-electron chi connectivity index (χ1n) is 2.34. The molecule has 0 saturated carbocycles. The van der Waals surface area contributed by atoms with E-state index in [0.29, 0.717) is 6.47 Å². The van der Waals surface area contributed by atoms with Crippen LogP contribution in [0.5, 0.6) is 0 Å². The first-order chi connectivity index (χ1) is 4.41. The third-order valence-corrected chi connectivity index (χ3v) is 0.607. The van der Waals surface area contributed by atoms with E-state index in [1.807, 2.05) is 30.3 Å². The Bertz CT molecular complexity index is 115. The first-order valence-corrected chi connectivity index (χ1v) is 2.34. The SMILES string of the molecule is O=[C-]O.[W+2].[c-]1ccccc1. The zero-order valence-electron chi connectivity index (χ0n) is 5.15. The van der Waals surface area contributed by atoms with E-state index in [-0.39, 0.29) is 21.1 Å². The van der Waals surface area contributed by atoms with Crippen LogP contribution in [0.2, 0.25) is 0 Å². The summed E-state index contributed by atoms with van der Waals surface area (Å²) in [5.74, 6) is 0. The van der Waals surface area contributed by atoms with Crippen molar-refractivity contribution in [2.24, 2.45) is 0 Å². The fourth-order valence-electron chi connectivity index (χ4n) is 0.342. The van der Waals surface area contributed by atoms with Gasteiger partial charge in [-0.25, -0.2) is 0 Å². The van der Waals surface area contributed by atoms with Gasteiger partial charge in [0.15, 0.2) is 0 Å². The van der Waals surface area contributed by atoms with Gasteiger partial charge in [0, 0.05) is 0 Å². The molecule has 0 atom stereocenters. The molecule has 0 bridgehead atoms. The quantitative estimate of drug-likeness (QED) is 0.729. The van der Waals surface area contributed by atoms with E-state index in [9.17, 15) is 0 Å². The second-order valence-electron chi connectivity index (χ2n) is 1.17. The molecule has 2 nitrogen and oxygen atoms in total. The molecule has 10 heavy (non-hydrogen) atoms. The Morgan fingerprint density at radius 2 is 1.60 bits per heavy atom. The summed E-state index contributed by atoms with van der Waals surface area (Å²) in [6, 6.07) is 12.5. The summed E-state index contributed by atoms with van der Waals surface area (Å²) in [6.45, 7) is 0.500. The minimum absolute atomic E-state index is 0. The van der Waals surface area contributed by atoms with Crippen molar-refractivity contribution in [1.82, 2.24) is 0 Å². The number of hydrogen-bond donors (Lipinski definition) is 1. The summed E-state index contributed by atoms with van der Waals surface area (Å²) >= 11 is 0. The van der Waals surface area contributed by atoms with Crippen LogP contribution in [0.25, 0.3) is 0 Å². The second kappa shape index (κ2) is 11.2. The van der Waals surface area contributed by atoms with Crippen molar-refractivity contribution in [1.29, 1.82) is 0 Å². The van der Waals surface area contributed by atoms with Crippen LogP contribution in [0, 0.1) is 6.07 Å². The van der Waals surface area contributed by atoms with Crippen molar-refractivity contribution in [2.75, 3.05) is 0 Å². The average molecular weight is 306 g/mol. The van der Waals surface area contributed by atoms with Crippen molar-refractivity contribution in [3.63, 3.8) is 0 Å². The van der Waals surface area contributed by atoms with Gasteiger partial charge in [-0.1, -0.05) is 6.47 Å².